The Hall–Kier alpha value is -2.72. The van der Waals surface area contributed by atoms with Crippen molar-refractivity contribution in [3.05, 3.63) is 34.4 Å². The van der Waals surface area contributed by atoms with Crippen molar-refractivity contribution in [2.45, 2.75) is 0 Å². The lowest BCUT2D eigenvalue weighted by Gasteiger charge is -2.04. The van der Waals surface area contributed by atoms with E-state index in [2.05, 4.69) is 11.8 Å². The summed E-state index contributed by atoms with van der Waals surface area (Å²) in [4.78, 5) is 21.6. The van der Waals surface area contributed by atoms with Crippen molar-refractivity contribution in [2.24, 2.45) is 0 Å². The summed E-state index contributed by atoms with van der Waals surface area (Å²) in [5.74, 6) is 1.72. The Bertz CT molecular complexity index is 504. The van der Waals surface area contributed by atoms with Gasteiger partial charge >= 0.3 is 11.9 Å². The lowest BCUT2D eigenvalue weighted by atomic mass is 9.99. The highest BCUT2D eigenvalue weighted by atomic mass is 16.4. The number of carbonyl (C=O) groups is 2. The van der Waals surface area contributed by atoms with Crippen molar-refractivity contribution < 1.29 is 19.8 Å². The molecule has 0 aliphatic carbocycles. The molecule has 78 valence electrons. The quantitative estimate of drug-likeness (QED) is 0.721. The zero-order chi connectivity index (χ0) is 12.3. The third-order valence-corrected chi connectivity index (χ3v) is 1.93. The van der Waals surface area contributed by atoms with E-state index in [0.717, 1.165) is 12.1 Å². The van der Waals surface area contributed by atoms with Crippen LogP contribution in [-0.4, -0.2) is 22.2 Å². The third kappa shape index (κ3) is 1.87. The molecule has 0 aliphatic heterocycles. The van der Waals surface area contributed by atoms with E-state index in [0.29, 0.717) is 0 Å². The number of benzene rings is 1. The largest absolute Gasteiger partial charge is 0.478 e. The summed E-state index contributed by atoms with van der Waals surface area (Å²) >= 11 is 0. The van der Waals surface area contributed by atoms with Crippen LogP contribution in [-0.2, 0) is 0 Å². The molecular weight excluding hydrogens is 208 g/mol. The average Bonchev–Trinajstić information content (AvgIpc) is 2.26. The van der Waals surface area contributed by atoms with Crippen molar-refractivity contribution in [1.82, 2.24) is 0 Å². The molecule has 1 rings (SSSR count). The molecule has 0 bridgehead atoms. The Kier molecular flexibility index (Phi) is 2.98. The molecular formula is C12H6O4. The van der Waals surface area contributed by atoms with E-state index >= 15 is 0 Å². The van der Waals surface area contributed by atoms with Gasteiger partial charge in [0.05, 0.1) is 11.1 Å². The van der Waals surface area contributed by atoms with E-state index in [4.69, 9.17) is 23.1 Å². The van der Waals surface area contributed by atoms with Gasteiger partial charge in [-0.1, -0.05) is 11.8 Å². The van der Waals surface area contributed by atoms with Crippen LogP contribution in [0.25, 0.3) is 0 Å². The molecule has 0 saturated carbocycles. The maximum atomic E-state index is 10.8. The van der Waals surface area contributed by atoms with Gasteiger partial charge in [0.25, 0.3) is 0 Å². The van der Waals surface area contributed by atoms with E-state index in [-0.39, 0.29) is 22.3 Å². The molecule has 0 unspecified atom stereocenters. The van der Waals surface area contributed by atoms with Gasteiger partial charge in [-0.05, 0) is 12.1 Å². The topological polar surface area (TPSA) is 74.6 Å². The summed E-state index contributed by atoms with van der Waals surface area (Å²) in [6.07, 6.45) is 10.2. The van der Waals surface area contributed by atoms with E-state index in [1.165, 1.54) is 0 Å². The second-order valence-corrected chi connectivity index (χ2v) is 2.84. The van der Waals surface area contributed by atoms with Gasteiger partial charge in [-0.25, -0.2) is 9.59 Å². The molecule has 0 aromatic heterocycles. The van der Waals surface area contributed by atoms with Crippen molar-refractivity contribution in [1.29, 1.82) is 0 Å². The summed E-state index contributed by atoms with van der Waals surface area (Å²) in [5.41, 5.74) is -0.381. The molecule has 16 heavy (non-hydrogen) atoms. The standard InChI is InChI=1S/C12H6O4/c1-3-7-5-10(12(15)16)8(4-2)6-9(7)11(13)14/h1-2,5-6H,(H,13,14)(H,15,16). The van der Waals surface area contributed by atoms with Crippen LogP contribution in [0.1, 0.15) is 31.8 Å². The van der Waals surface area contributed by atoms with E-state index in [9.17, 15) is 9.59 Å². The Morgan fingerprint density at radius 2 is 1.25 bits per heavy atom. The number of hydrogen-bond acceptors (Lipinski definition) is 2. The Morgan fingerprint density at radius 1 is 0.938 bits per heavy atom. The number of carboxylic acids is 2. The van der Waals surface area contributed by atoms with E-state index < -0.39 is 11.9 Å². The van der Waals surface area contributed by atoms with Gasteiger partial charge in [-0.3, -0.25) is 0 Å². The number of terminal acetylenes is 2. The smallest absolute Gasteiger partial charge is 0.337 e. The molecule has 4 nitrogen and oxygen atoms in total. The van der Waals surface area contributed by atoms with Gasteiger partial charge in [0.2, 0.25) is 0 Å². The first-order valence-electron chi connectivity index (χ1n) is 4.09. The van der Waals surface area contributed by atoms with Crippen LogP contribution < -0.4 is 0 Å². The summed E-state index contributed by atoms with van der Waals surface area (Å²) < 4.78 is 0. The van der Waals surface area contributed by atoms with Crippen LogP contribution in [0.15, 0.2) is 12.1 Å². The fraction of sp³-hybridized carbons (Fsp3) is 0. The highest BCUT2D eigenvalue weighted by molar-refractivity contribution is 5.96. The van der Waals surface area contributed by atoms with Gasteiger partial charge in [0, 0.05) is 11.1 Å². The fourth-order valence-corrected chi connectivity index (χ4v) is 1.19. The molecule has 2 N–H and O–H groups in total. The van der Waals surface area contributed by atoms with Crippen LogP contribution in [0.3, 0.4) is 0 Å². The number of carboxylic acid groups (broad SMARTS) is 2. The van der Waals surface area contributed by atoms with Gasteiger partial charge in [0.15, 0.2) is 0 Å². The molecule has 4 heteroatoms. The summed E-state index contributed by atoms with van der Waals surface area (Å²) in [6.45, 7) is 0. The first-order chi connectivity index (χ1) is 7.51. The van der Waals surface area contributed by atoms with Crippen LogP contribution in [0.2, 0.25) is 0 Å². The van der Waals surface area contributed by atoms with E-state index in [1.54, 1.807) is 0 Å². The second kappa shape index (κ2) is 4.20. The van der Waals surface area contributed by atoms with Gasteiger partial charge in [-0.15, -0.1) is 12.8 Å². The monoisotopic (exact) mass is 214 g/mol. The maximum Gasteiger partial charge on any atom is 0.337 e. The molecule has 0 fully saturated rings. The van der Waals surface area contributed by atoms with Crippen molar-refractivity contribution in [2.75, 3.05) is 0 Å². The predicted molar refractivity (Wildman–Crippen MR) is 56.2 cm³/mol. The van der Waals surface area contributed by atoms with Crippen LogP contribution in [0.4, 0.5) is 0 Å². The molecule has 1 aromatic carbocycles. The molecule has 0 heterocycles. The lowest BCUT2D eigenvalue weighted by Crippen LogP contribution is -2.07. The highest BCUT2D eigenvalue weighted by Gasteiger charge is 2.16. The number of hydrogen-bond donors (Lipinski definition) is 2. The van der Waals surface area contributed by atoms with Gasteiger partial charge in [-0.2, -0.15) is 0 Å². The maximum absolute atomic E-state index is 10.8. The Balaban J connectivity index is 3.62. The number of rotatable bonds is 2. The minimum absolute atomic E-state index is 0.0103. The fourth-order valence-electron chi connectivity index (χ4n) is 1.19. The third-order valence-electron chi connectivity index (χ3n) is 1.93. The van der Waals surface area contributed by atoms with Crippen molar-refractivity contribution in [3.8, 4) is 24.7 Å². The summed E-state index contributed by atoms with van der Waals surface area (Å²) in [6, 6.07) is 2.17. The minimum Gasteiger partial charge on any atom is -0.478 e. The predicted octanol–water partition coefficient (Wildman–Crippen LogP) is 1.05. The molecule has 0 amide bonds. The normalized spacial score (nSPS) is 8.88. The van der Waals surface area contributed by atoms with Crippen molar-refractivity contribution in [3.63, 3.8) is 0 Å². The first-order valence-corrected chi connectivity index (χ1v) is 4.09. The zero-order valence-corrected chi connectivity index (χ0v) is 8.02. The Morgan fingerprint density at radius 3 is 1.44 bits per heavy atom. The zero-order valence-electron chi connectivity index (χ0n) is 8.02. The molecule has 0 aliphatic rings. The van der Waals surface area contributed by atoms with Crippen molar-refractivity contribution >= 4 is 11.9 Å². The average molecular weight is 214 g/mol. The molecule has 0 spiro atoms. The van der Waals surface area contributed by atoms with Gasteiger partial charge < -0.3 is 10.2 Å². The van der Waals surface area contributed by atoms with Crippen LogP contribution in [0, 0.1) is 24.7 Å². The molecule has 0 radical (unpaired) electrons. The van der Waals surface area contributed by atoms with Crippen LogP contribution >= 0.6 is 0 Å². The highest BCUT2D eigenvalue weighted by Crippen LogP contribution is 2.16. The minimum atomic E-state index is -1.25. The number of aromatic carboxylic acids is 2. The summed E-state index contributed by atoms with van der Waals surface area (Å²) in [7, 11) is 0. The van der Waals surface area contributed by atoms with Gasteiger partial charge in [0.1, 0.15) is 0 Å². The Labute approximate surface area is 91.5 Å². The lowest BCUT2D eigenvalue weighted by molar-refractivity contribution is 0.0680. The first kappa shape index (κ1) is 11.4. The SMILES string of the molecule is C#Cc1cc(C(=O)O)c(C#C)cc1C(=O)O. The summed E-state index contributed by atoms with van der Waals surface area (Å²) in [5, 5.41) is 17.7. The van der Waals surface area contributed by atoms with E-state index in [1.807, 2.05) is 0 Å². The molecule has 0 saturated heterocycles. The van der Waals surface area contributed by atoms with Crippen LogP contribution in [0.5, 0.6) is 0 Å². The molecule has 1 aromatic rings. The second-order valence-electron chi connectivity index (χ2n) is 2.84. The molecule has 0 atom stereocenters.